The predicted molar refractivity (Wildman–Crippen MR) is 108 cm³/mol. The van der Waals surface area contributed by atoms with Gasteiger partial charge in [0.15, 0.2) is 0 Å². The van der Waals surface area contributed by atoms with Crippen molar-refractivity contribution in [3.05, 3.63) is 74.8 Å². The van der Waals surface area contributed by atoms with Crippen LogP contribution in [0.1, 0.15) is 25.6 Å². The van der Waals surface area contributed by atoms with Gasteiger partial charge in [0.05, 0.1) is 7.11 Å². The van der Waals surface area contributed by atoms with Crippen molar-refractivity contribution in [1.29, 1.82) is 0 Å². The van der Waals surface area contributed by atoms with Crippen molar-refractivity contribution < 1.29 is 18.7 Å². The number of carbonyl (C=O) groups is 2. The monoisotopic (exact) mass is 447 g/mol. The van der Waals surface area contributed by atoms with Crippen LogP contribution < -0.4 is 5.32 Å². The number of hydrogen-bond acceptors (Lipinski definition) is 4. The van der Waals surface area contributed by atoms with Gasteiger partial charge in [0.1, 0.15) is 16.4 Å². The third kappa shape index (κ3) is 4.09. The van der Waals surface area contributed by atoms with E-state index in [4.69, 9.17) is 4.74 Å². The highest BCUT2D eigenvalue weighted by atomic mass is 79.9. The van der Waals surface area contributed by atoms with Gasteiger partial charge in [-0.1, -0.05) is 34.1 Å². The van der Waals surface area contributed by atoms with Crippen molar-refractivity contribution >= 4 is 44.1 Å². The quantitative estimate of drug-likeness (QED) is 0.524. The molecule has 0 aliphatic heterocycles. The molecule has 0 atom stereocenters. The molecule has 0 spiro atoms. The molecule has 2 aromatic carbocycles. The maximum Gasteiger partial charge on any atom is 0.341 e. The van der Waals surface area contributed by atoms with Crippen LogP contribution in [0.25, 0.3) is 11.1 Å². The number of ether oxygens (including phenoxy) is 1. The van der Waals surface area contributed by atoms with Gasteiger partial charge in [-0.3, -0.25) is 4.79 Å². The number of amides is 1. The minimum Gasteiger partial charge on any atom is -0.465 e. The van der Waals surface area contributed by atoms with Crippen LogP contribution in [-0.2, 0) is 4.74 Å². The van der Waals surface area contributed by atoms with E-state index in [1.54, 1.807) is 30.3 Å². The molecule has 0 saturated carbocycles. The first kappa shape index (κ1) is 19.3. The van der Waals surface area contributed by atoms with Crippen molar-refractivity contribution in [2.75, 3.05) is 12.4 Å². The van der Waals surface area contributed by atoms with Crippen LogP contribution >= 0.6 is 27.3 Å². The number of anilines is 1. The molecule has 1 heterocycles. The summed E-state index contributed by atoms with van der Waals surface area (Å²) in [6.45, 7) is 1.84. The van der Waals surface area contributed by atoms with Gasteiger partial charge in [-0.05, 0) is 42.8 Å². The molecule has 0 radical (unpaired) electrons. The molecule has 1 amide bonds. The lowest BCUT2D eigenvalue weighted by atomic mass is 10.0. The van der Waals surface area contributed by atoms with Crippen LogP contribution in [-0.4, -0.2) is 19.0 Å². The highest BCUT2D eigenvalue weighted by Crippen LogP contribution is 2.40. The Balaban J connectivity index is 2.05. The summed E-state index contributed by atoms with van der Waals surface area (Å²) in [6.07, 6.45) is 0. The summed E-state index contributed by atoms with van der Waals surface area (Å²) < 4.78 is 19.0. The van der Waals surface area contributed by atoms with Crippen LogP contribution in [0.4, 0.5) is 9.39 Å². The Bertz CT molecular complexity index is 1010. The molecule has 0 aliphatic carbocycles. The summed E-state index contributed by atoms with van der Waals surface area (Å²) in [5.41, 5.74) is 2.01. The second kappa shape index (κ2) is 8.02. The second-order valence-electron chi connectivity index (χ2n) is 5.70. The Morgan fingerprint density at radius 1 is 1.15 bits per heavy atom. The second-order valence-corrected chi connectivity index (χ2v) is 7.84. The molecular formula is C20H15BrFNO3S. The van der Waals surface area contributed by atoms with E-state index in [0.29, 0.717) is 21.7 Å². The summed E-state index contributed by atoms with van der Waals surface area (Å²) in [7, 11) is 1.28. The van der Waals surface area contributed by atoms with Crippen molar-refractivity contribution in [2.24, 2.45) is 0 Å². The van der Waals surface area contributed by atoms with Crippen LogP contribution in [0, 0.1) is 12.7 Å². The molecule has 1 N–H and O–H groups in total. The average Bonchev–Trinajstić information content (AvgIpc) is 2.97. The minimum absolute atomic E-state index is 0.259. The largest absolute Gasteiger partial charge is 0.465 e. The lowest BCUT2D eigenvalue weighted by molar-refractivity contribution is 0.0603. The Hall–Kier alpha value is -2.51. The number of thiophene rings is 1. The Labute approximate surface area is 168 Å². The van der Waals surface area contributed by atoms with E-state index in [1.807, 2.05) is 13.0 Å². The first-order chi connectivity index (χ1) is 12.9. The molecule has 3 rings (SSSR count). The van der Waals surface area contributed by atoms with Crippen LogP contribution in [0.3, 0.4) is 0 Å². The van der Waals surface area contributed by atoms with Crippen LogP contribution in [0.5, 0.6) is 0 Å². The summed E-state index contributed by atoms with van der Waals surface area (Å²) in [6, 6.07) is 12.8. The molecule has 0 aliphatic rings. The van der Waals surface area contributed by atoms with E-state index in [0.717, 1.165) is 9.35 Å². The normalized spacial score (nSPS) is 10.5. The summed E-state index contributed by atoms with van der Waals surface area (Å²) in [4.78, 5) is 25.8. The zero-order chi connectivity index (χ0) is 19.6. The first-order valence-electron chi connectivity index (χ1n) is 7.95. The molecule has 27 heavy (non-hydrogen) atoms. The number of hydrogen-bond donors (Lipinski definition) is 1. The van der Waals surface area contributed by atoms with Gasteiger partial charge in [-0.15, -0.1) is 11.3 Å². The van der Waals surface area contributed by atoms with Gasteiger partial charge >= 0.3 is 5.97 Å². The Kier molecular flexibility index (Phi) is 5.72. The number of methoxy groups -OCH3 is 1. The lowest BCUT2D eigenvalue weighted by Gasteiger charge is -2.08. The molecule has 0 fully saturated rings. The summed E-state index contributed by atoms with van der Waals surface area (Å²) >= 11 is 4.61. The summed E-state index contributed by atoms with van der Waals surface area (Å²) in [5, 5.41) is 3.19. The fraction of sp³-hybridized carbons (Fsp3) is 0.100. The van der Waals surface area contributed by atoms with E-state index >= 15 is 0 Å². The highest BCUT2D eigenvalue weighted by Gasteiger charge is 2.25. The molecule has 0 unspecified atom stereocenters. The number of esters is 1. The van der Waals surface area contributed by atoms with Gasteiger partial charge in [-0.2, -0.15) is 0 Å². The molecule has 3 aromatic rings. The zero-order valence-corrected chi connectivity index (χ0v) is 16.9. The van der Waals surface area contributed by atoms with Crippen LogP contribution in [0.2, 0.25) is 0 Å². The molecule has 4 nitrogen and oxygen atoms in total. The number of halogens is 2. The van der Waals surface area contributed by atoms with Crippen molar-refractivity contribution in [1.82, 2.24) is 0 Å². The number of aryl methyl sites for hydroxylation is 1. The lowest BCUT2D eigenvalue weighted by Crippen LogP contribution is -2.14. The van der Waals surface area contributed by atoms with E-state index in [2.05, 4.69) is 21.2 Å². The molecule has 138 valence electrons. The average molecular weight is 448 g/mol. The maximum absolute atomic E-state index is 13.3. The predicted octanol–water partition coefficient (Wildman–Crippen LogP) is 5.66. The third-order valence-electron chi connectivity index (χ3n) is 3.92. The van der Waals surface area contributed by atoms with Crippen molar-refractivity contribution in [3.8, 4) is 11.1 Å². The highest BCUT2D eigenvalue weighted by molar-refractivity contribution is 9.10. The smallest absolute Gasteiger partial charge is 0.341 e. The molecular weight excluding hydrogens is 433 g/mol. The van der Waals surface area contributed by atoms with E-state index in [1.165, 1.54) is 30.6 Å². The van der Waals surface area contributed by atoms with Crippen LogP contribution in [0.15, 0.2) is 53.0 Å². The maximum atomic E-state index is 13.3. The van der Waals surface area contributed by atoms with Gasteiger partial charge in [-0.25, -0.2) is 9.18 Å². The SMILES string of the molecule is COC(=O)c1c(NC(=O)c2cccc(Br)c2)sc(C)c1-c1ccc(F)cc1. The minimum atomic E-state index is -0.566. The number of rotatable bonds is 4. The van der Waals surface area contributed by atoms with Gasteiger partial charge in [0.25, 0.3) is 5.91 Å². The Morgan fingerprint density at radius 2 is 1.85 bits per heavy atom. The number of carbonyl (C=O) groups excluding carboxylic acids is 2. The Morgan fingerprint density at radius 3 is 2.48 bits per heavy atom. The molecule has 7 heteroatoms. The van der Waals surface area contributed by atoms with E-state index < -0.39 is 5.97 Å². The van der Waals surface area contributed by atoms with E-state index in [9.17, 15) is 14.0 Å². The molecule has 0 bridgehead atoms. The fourth-order valence-electron chi connectivity index (χ4n) is 2.70. The van der Waals surface area contributed by atoms with Crippen molar-refractivity contribution in [3.63, 3.8) is 0 Å². The van der Waals surface area contributed by atoms with Gasteiger partial charge in [0.2, 0.25) is 0 Å². The van der Waals surface area contributed by atoms with Gasteiger partial charge < -0.3 is 10.1 Å². The standard InChI is InChI=1S/C20H15BrFNO3S/c1-11-16(12-6-8-15(22)9-7-12)17(20(25)26-2)19(27-11)23-18(24)13-4-3-5-14(21)10-13/h3-10H,1-2H3,(H,23,24). The van der Waals surface area contributed by atoms with Crippen molar-refractivity contribution in [2.45, 2.75) is 6.92 Å². The first-order valence-corrected chi connectivity index (χ1v) is 9.56. The number of nitrogens with one attached hydrogen (secondary N) is 1. The molecule has 1 aromatic heterocycles. The zero-order valence-electron chi connectivity index (χ0n) is 14.5. The third-order valence-corrected chi connectivity index (χ3v) is 5.43. The number of benzene rings is 2. The van der Waals surface area contributed by atoms with Gasteiger partial charge in [0, 0.05) is 20.5 Å². The summed E-state index contributed by atoms with van der Waals surface area (Å²) in [5.74, 6) is -1.27. The topological polar surface area (TPSA) is 55.4 Å². The molecule has 0 saturated heterocycles. The fourth-order valence-corrected chi connectivity index (χ4v) is 4.16. The van der Waals surface area contributed by atoms with E-state index in [-0.39, 0.29) is 17.3 Å².